The Labute approximate surface area is 195 Å². The number of hydrogen-bond donors (Lipinski definition) is 3. The summed E-state index contributed by atoms with van der Waals surface area (Å²) in [5.41, 5.74) is 1.70. The van der Waals surface area contributed by atoms with Crippen molar-refractivity contribution in [3.63, 3.8) is 0 Å². The van der Waals surface area contributed by atoms with E-state index in [1.54, 1.807) is 31.4 Å². The van der Waals surface area contributed by atoms with Crippen molar-refractivity contribution in [3.8, 4) is 11.5 Å². The summed E-state index contributed by atoms with van der Waals surface area (Å²) in [7, 11) is -0.460. The molecule has 0 spiro atoms. The summed E-state index contributed by atoms with van der Waals surface area (Å²) in [4.78, 5) is 4.78. The minimum atomic E-state index is -3.44. The van der Waals surface area contributed by atoms with Crippen LogP contribution < -0.4 is 24.8 Å². The van der Waals surface area contributed by atoms with Crippen molar-refractivity contribution in [1.29, 1.82) is 0 Å². The van der Waals surface area contributed by atoms with Gasteiger partial charge in [-0.25, -0.2) is 18.1 Å². The van der Waals surface area contributed by atoms with Gasteiger partial charge in [0.25, 0.3) is 0 Å². The number of nitrogens with one attached hydrogen (secondary N) is 3. The van der Waals surface area contributed by atoms with E-state index in [4.69, 9.17) is 9.47 Å². The third-order valence-electron chi connectivity index (χ3n) is 3.99. The summed E-state index contributed by atoms with van der Waals surface area (Å²) >= 11 is 0. The first-order valence-electron chi connectivity index (χ1n) is 9.32. The lowest BCUT2D eigenvalue weighted by Crippen LogP contribution is -2.30. The first-order chi connectivity index (χ1) is 13.9. The summed E-state index contributed by atoms with van der Waals surface area (Å²) in [5.74, 6) is 1.92. The summed E-state index contributed by atoms with van der Waals surface area (Å²) < 4.78 is 36.8. The highest BCUT2D eigenvalue weighted by Crippen LogP contribution is 2.30. The third-order valence-corrected chi connectivity index (χ3v) is 5.42. The number of halogens is 1. The van der Waals surface area contributed by atoms with Gasteiger partial charge in [-0.2, -0.15) is 0 Å². The fourth-order valence-corrected chi connectivity index (χ4v) is 3.26. The average molecular weight is 548 g/mol. The van der Waals surface area contributed by atoms with Gasteiger partial charge in [-0.05, 0) is 50.7 Å². The first kappa shape index (κ1) is 26.0. The highest BCUT2D eigenvalue weighted by molar-refractivity contribution is 14.0. The smallest absolute Gasteiger partial charge is 0.240 e. The minimum absolute atomic E-state index is 0. The van der Waals surface area contributed by atoms with Crippen molar-refractivity contribution in [1.82, 2.24) is 10.0 Å². The predicted molar refractivity (Wildman–Crippen MR) is 131 cm³/mol. The van der Waals surface area contributed by atoms with Gasteiger partial charge in [0, 0.05) is 18.3 Å². The van der Waals surface area contributed by atoms with Gasteiger partial charge in [0.2, 0.25) is 10.0 Å². The Hall–Kier alpha value is -2.05. The van der Waals surface area contributed by atoms with Gasteiger partial charge >= 0.3 is 0 Å². The van der Waals surface area contributed by atoms with E-state index >= 15 is 0 Å². The fraction of sp³-hybridized carbons (Fsp3) is 0.350. The van der Waals surface area contributed by atoms with Crippen LogP contribution in [0.4, 0.5) is 5.69 Å². The van der Waals surface area contributed by atoms with Crippen LogP contribution in [-0.4, -0.2) is 41.7 Å². The zero-order valence-corrected chi connectivity index (χ0v) is 20.7. The van der Waals surface area contributed by atoms with Gasteiger partial charge in [0.05, 0.1) is 25.2 Å². The molecule has 2 aromatic carbocycles. The molecule has 0 saturated heterocycles. The van der Waals surface area contributed by atoms with Gasteiger partial charge in [-0.15, -0.1) is 24.0 Å². The van der Waals surface area contributed by atoms with Crippen molar-refractivity contribution in [2.45, 2.75) is 25.3 Å². The average Bonchev–Trinajstić information content (AvgIpc) is 2.73. The molecule has 0 bridgehead atoms. The van der Waals surface area contributed by atoms with Crippen molar-refractivity contribution in [3.05, 3.63) is 48.0 Å². The number of methoxy groups -OCH3 is 1. The number of nitrogens with zero attached hydrogens (tertiary/aromatic N) is 1. The van der Waals surface area contributed by atoms with Crippen LogP contribution in [0.15, 0.2) is 52.4 Å². The molecule has 0 aromatic heterocycles. The summed E-state index contributed by atoms with van der Waals surface area (Å²) in [6, 6.07) is 12.2. The van der Waals surface area contributed by atoms with Crippen molar-refractivity contribution in [2.24, 2.45) is 4.99 Å². The molecule has 10 heteroatoms. The largest absolute Gasteiger partial charge is 0.493 e. The second-order valence-corrected chi connectivity index (χ2v) is 7.86. The molecule has 8 nitrogen and oxygen atoms in total. The monoisotopic (exact) mass is 548 g/mol. The second kappa shape index (κ2) is 12.6. The van der Waals surface area contributed by atoms with Gasteiger partial charge in [0.15, 0.2) is 17.5 Å². The predicted octanol–water partition coefficient (Wildman–Crippen LogP) is 3.20. The maximum Gasteiger partial charge on any atom is 0.240 e. The van der Waals surface area contributed by atoms with Crippen molar-refractivity contribution in [2.75, 3.05) is 32.6 Å². The summed E-state index contributed by atoms with van der Waals surface area (Å²) in [6.45, 7) is 5.54. The Balaban J connectivity index is 0.00000450. The van der Waals surface area contributed by atoms with E-state index in [0.29, 0.717) is 37.2 Å². The SMILES string of the molecule is CCNC(=NCc1ccc(S(=O)(=O)NC)cc1)Nc1ccc(OCC)c(OC)c1.I. The zero-order chi connectivity index (χ0) is 21.3. The van der Waals surface area contributed by atoms with Crippen LogP contribution in [-0.2, 0) is 16.6 Å². The molecule has 0 unspecified atom stereocenters. The molecule has 0 saturated carbocycles. The van der Waals surface area contributed by atoms with E-state index in [1.807, 2.05) is 32.0 Å². The lowest BCUT2D eigenvalue weighted by atomic mass is 10.2. The quantitative estimate of drug-likeness (QED) is 0.253. The van der Waals surface area contributed by atoms with Crippen LogP contribution in [0, 0.1) is 0 Å². The maximum atomic E-state index is 11.8. The van der Waals surface area contributed by atoms with E-state index in [9.17, 15) is 8.42 Å². The first-order valence-corrected chi connectivity index (χ1v) is 10.8. The molecule has 0 heterocycles. The van der Waals surface area contributed by atoms with Gasteiger partial charge in [-0.1, -0.05) is 12.1 Å². The molecule has 2 aromatic rings. The zero-order valence-electron chi connectivity index (χ0n) is 17.6. The van der Waals surface area contributed by atoms with Crippen molar-refractivity contribution >= 4 is 45.6 Å². The summed E-state index contributed by atoms with van der Waals surface area (Å²) in [5, 5.41) is 6.42. The Morgan fingerprint density at radius 3 is 2.33 bits per heavy atom. The molecule has 2 rings (SSSR count). The number of guanidine groups is 1. The van der Waals surface area contributed by atoms with Crippen LogP contribution in [0.25, 0.3) is 0 Å². The van der Waals surface area contributed by atoms with Gasteiger partial charge in [0.1, 0.15) is 0 Å². The van der Waals surface area contributed by atoms with Crippen LogP contribution in [0.1, 0.15) is 19.4 Å². The number of aliphatic imine (C=N–C) groups is 1. The molecule has 0 atom stereocenters. The molecule has 30 heavy (non-hydrogen) atoms. The molecule has 0 aliphatic heterocycles. The number of hydrogen-bond acceptors (Lipinski definition) is 5. The lowest BCUT2D eigenvalue weighted by molar-refractivity contribution is 0.311. The fourth-order valence-electron chi connectivity index (χ4n) is 2.53. The van der Waals surface area contributed by atoms with E-state index in [1.165, 1.54) is 7.05 Å². The highest BCUT2D eigenvalue weighted by Gasteiger charge is 2.10. The van der Waals surface area contributed by atoms with Crippen LogP contribution in [0.3, 0.4) is 0 Å². The molecule has 0 aliphatic carbocycles. The number of ether oxygens (including phenoxy) is 2. The van der Waals surface area contributed by atoms with Crippen LogP contribution >= 0.6 is 24.0 Å². The van der Waals surface area contributed by atoms with E-state index in [2.05, 4.69) is 20.3 Å². The number of anilines is 1. The Bertz CT molecular complexity index is 934. The second-order valence-electron chi connectivity index (χ2n) is 5.97. The lowest BCUT2D eigenvalue weighted by Gasteiger charge is -2.14. The summed E-state index contributed by atoms with van der Waals surface area (Å²) in [6.07, 6.45) is 0. The molecule has 0 amide bonds. The van der Waals surface area contributed by atoms with Crippen LogP contribution in [0.2, 0.25) is 0 Å². The minimum Gasteiger partial charge on any atom is -0.493 e. The van der Waals surface area contributed by atoms with Gasteiger partial charge in [-0.3, -0.25) is 0 Å². The molecular weight excluding hydrogens is 519 g/mol. The normalized spacial score (nSPS) is 11.4. The van der Waals surface area contributed by atoms with Crippen LogP contribution in [0.5, 0.6) is 11.5 Å². The molecular formula is C20H29IN4O4S. The Morgan fingerprint density at radius 2 is 1.77 bits per heavy atom. The molecule has 3 N–H and O–H groups in total. The molecule has 166 valence electrons. The molecule has 0 fully saturated rings. The number of rotatable bonds is 9. The topological polar surface area (TPSA) is 101 Å². The standard InChI is InChI=1S/C20H28N4O4S.HI/c1-5-22-20(24-16-9-12-18(28-6-2)19(13-16)27-4)23-14-15-7-10-17(11-8-15)29(25,26)21-3;/h7-13,21H,5-6,14H2,1-4H3,(H2,22,23,24);1H. The molecule has 0 aliphatic rings. The molecule has 0 radical (unpaired) electrons. The number of benzene rings is 2. The van der Waals surface area contributed by atoms with Gasteiger partial charge < -0.3 is 20.1 Å². The highest BCUT2D eigenvalue weighted by atomic mass is 127. The van der Waals surface area contributed by atoms with E-state index in [-0.39, 0.29) is 28.9 Å². The Kier molecular flexibility index (Phi) is 10.9. The van der Waals surface area contributed by atoms with E-state index < -0.39 is 10.0 Å². The maximum absolute atomic E-state index is 11.8. The Morgan fingerprint density at radius 1 is 1.07 bits per heavy atom. The number of sulfonamides is 1. The van der Waals surface area contributed by atoms with E-state index in [0.717, 1.165) is 11.3 Å². The third kappa shape index (κ3) is 7.33. The van der Waals surface area contributed by atoms with Crippen molar-refractivity contribution < 1.29 is 17.9 Å².